The van der Waals surface area contributed by atoms with Crippen molar-refractivity contribution in [3.05, 3.63) is 70.8 Å². The van der Waals surface area contributed by atoms with Crippen LogP contribution in [0.3, 0.4) is 0 Å². The van der Waals surface area contributed by atoms with Gasteiger partial charge in [0.2, 0.25) is 0 Å². The summed E-state index contributed by atoms with van der Waals surface area (Å²) in [5.41, 5.74) is 14.5. The normalized spacial score (nSPS) is 14.5. The highest BCUT2D eigenvalue weighted by Crippen LogP contribution is 2.16. The Labute approximate surface area is 127 Å². The van der Waals surface area contributed by atoms with Crippen LogP contribution in [0.4, 0.5) is 0 Å². The Bertz CT molecular complexity index is 776. The third kappa shape index (κ3) is 2.26. The molecule has 2 aliphatic heterocycles. The van der Waals surface area contributed by atoms with Crippen LogP contribution in [0.5, 0.6) is 0 Å². The maximum atomic E-state index is 7.39. The molecule has 0 spiro atoms. The van der Waals surface area contributed by atoms with E-state index >= 15 is 0 Å². The van der Waals surface area contributed by atoms with Crippen LogP contribution in [0, 0.1) is 10.8 Å². The quantitative estimate of drug-likeness (QED) is 0.586. The number of benzene rings is 2. The lowest BCUT2D eigenvalue weighted by Gasteiger charge is -1.94. The monoisotopic (exact) mass is 290 g/mol. The van der Waals surface area contributed by atoms with E-state index in [1.54, 1.807) is 0 Å². The summed E-state index contributed by atoms with van der Waals surface area (Å²) in [6.45, 7) is 0. The fourth-order valence-corrected chi connectivity index (χ4v) is 2.31. The Kier molecular flexibility index (Phi) is 3.27. The van der Waals surface area contributed by atoms with Gasteiger partial charge in [-0.2, -0.15) is 0 Å². The zero-order valence-electron chi connectivity index (χ0n) is 11.7. The highest BCUT2D eigenvalue weighted by molar-refractivity contribution is 6.21. The SMILES string of the molecule is N=C1N=C(N)c2ccccc21.N=C1N=C(N)c2ccccc21. The molecule has 0 fully saturated rings. The first-order chi connectivity index (χ1) is 10.6. The van der Waals surface area contributed by atoms with E-state index in [-0.39, 0.29) is 11.7 Å². The average molecular weight is 290 g/mol. The summed E-state index contributed by atoms with van der Waals surface area (Å²) in [7, 11) is 0. The fourth-order valence-electron chi connectivity index (χ4n) is 2.31. The second-order valence-electron chi connectivity index (χ2n) is 4.78. The number of rotatable bonds is 0. The largest absolute Gasteiger partial charge is 0.383 e. The number of nitrogens with two attached hydrogens (primary N) is 2. The molecule has 0 radical (unpaired) electrons. The van der Waals surface area contributed by atoms with Gasteiger partial charge < -0.3 is 11.5 Å². The zero-order chi connectivity index (χ0) is 15.7. The first-order valence-electron chi connectivity index (χ1n) is 6.63. The van der Waals surface area contributed by atoms with Gasteiger partial charge in [-0.1, -0.05) is 48.5 Å². The molecule has 0 bridgehead atoms. The van der Waals surface area contributed by atoms with E-state index < -0.39 is 0 Å². The van der Waals surface area contributed by atoms with E-state index in [9.17, 15) is 0 Å². The Hall–Kier alpha value is -3.28. The molecule has 6 N–H and O–H groups in total. The second kappa shape index (κ2) is 5.25. The molecule has 2 aromatic rings. The average Bonchev–Trinajstić information content (AvgIpc) is 2.99. The summed E-state index contributed by atoms with van der Waals surface area (Å²) in [6, 6.07) is 15.0. The standard InChI is InChI=1S/2C8H7N3/c2*9-7-5-3-1-2-4-6(5)8(10)11-7/h2*1-4H,(H3,9,10,11). The van der Waals surface area contributed by atoms with Crippen molar-refractivity contribution >= 4 is 23.3 Å². The minimum Gasteiger partial charge on any atom is -0.383 e. The van der Waals surface area contributed by atoms with Crippen molar-refractivity contribution in [3.8, 4) is 0 Å². The van der Waals surface area contributed by atoms with Crippen LogP contribution >= 0.6 is 0 Å². The predicted molar refractivity (Wildman–Crippen MR) is 88.0 cm³/mol. The van der Waals surface area contributed by atoms with Gasteiger partial charge in [0.15, 0.2) is 11.7 Å². The minimum atomic E-state index is 0.262. The number of amidine groups is 4. The highest BCUT2D eigenvalue weighted by atomic mass is 14.9. The van der Waals surface area contributed by atoms with Crippen LogP contribution in [0.25, 0.3) is 0 Å². The van der Waals surface area contributed by atoms with Gasteiger partial charge >= 0.3 is 0 Å². The number of nitrogens with one attached hydrogen (secondary N) is 2. The van der Waals surface area contributed by atoms with E-state index in [1.807, 2.05) is 48.5 Å². The Balaban J connectivity index is 0.000000131. The molecule has 0 atom stereocenters. The molecule has 0 aromatic heterocycles. The van der Waals surface area contributed by atoms with Gasteiger partial charge in [0, 0.05) is 22.3 Å². The molecule has 0 aliphatic carbocycles. The highest BCUT2D eigenvalue weighted by Gasteiger charge is 2.16. The Morgan fingerprint density at radius 1 is 0.591 bits per heavy atom. The summed E-state index contributed by atoms with van der Waals surface area (Å²) >= 11 is 0. The van der Waals surface area contributed by atoms with Crippen LogP contribution in [-0.2, 0) is 0 Å². The predicted octanol–water partition coefficient (Wildman–Crippen LogP) is 1.46. The maximum absolute atomic E-state index is 7.39. The van der Waals surface area contributed by atoms with E-state index in [0.717, 1.165) is 22.3 Å². The van der Waals surface area contributed by atoms with E-state index in [2.05, 4.69) is 9.98 Å². The smallest absolute Gasteiger partial charge is 0.154 e. The van der Waals surface area contributed by atoms with E-state index in [4.69, 9.17) is 22.3 Å². The minimum absolute atomic E-state index is 0.262. The molecular formula is C16H14N6. The first-order valence-corrected chi connectivity index (χ1v) is 6.63. The fraction of sp³-hybridized carbons (Fsp3) is 0. The summed E-state index contributed by atoms with van der Waals surface area (Å²) < 4.78 is 0. The first kappa shape index (κ1) is 13.7. The molecule has 0 amide bonds. The van der Waals surface area contributed by atoms with Crippen molar-refractivity contribution < 1.29 is 0 Å². The molecule has 2 aromatic carbocycles. The lowest BCUT2D eigenvalue weighted by atomic mass is 10.1. The topological polar surface area (TPSA) is 124 Å². The number of nitrogens with zero attached hydrogens (tertiary/aromatic N) is 2. The van der Waals surface area contributed by atoms with Crippen molar-refractivity contribution in [2.24, 2.45) is 21.5 Å². The van der Waals surface area contributed by atoms with E-state index in [1.165, 1.54) is 0 Å². The third-order valence-corrected chi connectivity index (χ3v) is 3.38. The van der Waals surface area contributed by atoms with Gasteiger partial charge in [0.1, 0.15) is 11.7 Å². The summed E-state index contributed by atoms with van der Waals surface area (Å²) in [5, 5.41) is 14.8. The molecular weight excluding hydrogens is 276 g/mol. The van der Waals surface area contributed by atoms with Gasteiger partial charge in [-0.3, -0.25) is 10.8 Å². The third-order valence-electron chi connectivity index (χ3n) is 3.38. The number of hydrogen-bond acceptors (Lipinski definition) is 4. The van der Waals surface area contributed by atoms with Crippen LogP contribution in [0.2, 0.25) is 0 Å². The zero-order valence-corrected chi connectivity index (χ0v) is 11.7. The van der Waals surface area contributed by atoms with Crippen LogP contribution in [-0.4, -0.2) is 23.3 Å². The second-order valence-corrected chi connectivity index (χ2v) is 4.78. The van der Waals surface area contributed by atoms with E-state index in [0.29, 0.717) is 11.7 Å². The van der Waals surface area contributed by atoms with Gasteiger partial charge in [-0.15, -0.1) is 0 Å². The number of hydrogen-bond donors (Lipinski definition) is 4. The number of aliphatic imine (C=N–C) groups is 2. The lowest BCUT2D eigenvalue weighted by molar-refractivity contribution is 1.44. The molecule has 22 heavy (non-hydrogen) atoms. The molecule has 6 heteroatoms. The van der Waals surface area contributed by atoms with Gasteiger partial charge in [-0.05, 0) is 0 Å². The molecule has 0 unspecified atom stereocenters. The summed E-state index contributed by atoms with van der Waals surface area (Å²) in [5.74, 6) is 1.42. The maximum Gasteiger partial charge on any atom is 0.154 e. The van der Waals surface area contributed by atoms with Crippen molar-refractivity contribution in [1.29, 1.82) is 10.8 Å². The van der Waals surface area contributed by atoms with Crippen molar-refractivity contribution in [2.45, 2.75) is 0 Å². The van der Waals surface area contributed by atoms with Crippen LogP contribution < -0.4 is 11.5 Å². The molecule has 2 aliphatic rings. The van der Waals surface area contributed by atoms with Crippen molar-refractivity contribution in [2.75, 3.05) is 0 Å². The van der Waals surface area contributed by atoms with Crippen LogP contribution in [0.1, 0.15) is 22.3 Å². The van der Waals surface area contributed by atoms with Crippen molar-refractivity contribution in [1.82, 2.24) is 0 Å². The summed E-state index contributed by atoms with van der Waals surface area (Å²) in [6.07, 6.45) is 0. The van der Waals surface area contributed by atoms with Gasteiger partial charge in [0.05, 0.1) is 0 Å². The molecule has 0 saturated heterocycles. The van der Waals surface area contributed by atoms with Crippen molar-refractivity contribution in [3.63, 3.8) is 0 Å². The molecule has 2 heterocycles. The lowest BCUT2D eigenvalue weighted by Crippen LogP contribution is -2.09. The molecule has 108 valence electrons. The van der Waals surface area contributed by atoms with Crippen LogP contribution in [0.15, 0.2) is 58.5 Å². The summed E-state index contributed by atoms with van der Waals surface area (Å²) in [4.78, 5) is 7.67. The molecule has 6 nitrogen and oxygen atoms in total. The van der Waals surface area contributed by atoms with Gasteiger partial charge in [0.25, 0.3) is 0 Å². The Morgan fingerprint density at radius 3 is 1.23 bits per heavy atom. The number of fused-ring (bicyclic) bond motifs is 2. The Morgan fingerprint density at radius 2 is 0.909 bits per heavy atom. The molecule has 4 rings (SSSR count). The molecule has 0 saturated carbocycles. The van der Waals surface area contributed by atoms with Gasteiger partial charge in [-0.25, -0.2) is 9.98 Å².